The molecule has 1 heterocycles. The fourth-order valence-electron chi connectivity index (χ4n) is 2.24. The van der Waals surface area contributed by atoms with Gasteiger partial charge in [0.25, 0.3) is 5.91 Å². The number of carbonyl (C=O) groups excluding carboxylic acids is 1. The van der Waals surface area contributed by atoms with Crippen LogP contribution in [-0.4, -0.2) is 42.1 Å². The van der Waals surface area contributed by atoms with Gasteiger partial charge < -0.3 is 15.3 Å². The van der Waals surface area contributed by atoms with E-state index in [0.29, 0.717) is 5.02 Å². The Morgan fingerprint density at radius 1 is 1.56 bits per heavy atom. The average Bonchev–Trinajstić information content (AvgIpc) is 2.28. The van der Waals surface area contributed by atoms with Crippen molar-refractivity contribution < 1.29 is 9.90 Å². The predicted molar refractivity (Wildman–Crippen MR) is 71.1 cm³/mol. The Labute approximate surface area is 112 Å². The van der Waals surface area contributed by atoms with Crippen molar-refractivity contribution in [2.75, 3.05) is 20.1 Å². The molecule has 1 aliphatic heterocycles. The third-order valence-electron chi connectivity index (χ3n) is 3.16. The zero-order valence-corrected chi connectivity index (χ0v) is 11.1. The van der Waals surface area contributed by atoms with Crippen molar-refractivity contribution in [1.29, 1.82) is 0 Å². The van der Waals surface area contributed by atoms with Gasteiger partial charge in [0.2, 0.25) is 0 Å². The third-order valence-corrected chi connectivity index (χ3v) is 3.40. The minimum Gasteiger partial charge on any atom is -0.507 e. The summed E-state index contributed by atoms with van der Waals surface area (Å²) in [6.07, 6.45) is 2.05. The Balaban J connectivity index is 2.03. The lowest BCUT2D eigenvalue weighted by atomic mass is 10.1. The minimum absolute atomic E-state index is 0.0795. The molecule has 0 aromatic heterocycles. The van der Waals surface area contributed by atoms with Crippen molar-refractivity contribution in [2.45, 2.75) is 18.9 Å². The molecule has 0 saturated carbocycles. The number of phenolic OH excluding ortho intramolecular Hbond substituents is 1. The van der Waals surface area contributed by atoms with Crippen LogP contribution in [-0.2, 0) is 0 Å². The van der Waals surface area contributed by atoms with Crippen molar-refractivity contribution in [1.82, 2.24) is 10.2 Å². The summed E-state index contributed by atoms with van der Waals surface area (Å²) in [7, 11) is 2.04. The molecule has 1 amide bonds. The largest absolute Gasteiger partial charge is 0.507 e. The fraction of sp³-hybridized carbons (Fsp3) is 0.462. The van der Waals surface area contributed by atoms with E-state index in [4.69, 9.17) is 11.6 Å². The maximum Gasteiger partial charge on any atom is 0.255 e. The number of phenols is 1. The first kappa shape index (κ1) is 13.2. The van der Waals surface area contributed by atoms with E-state index in [1.54, 1.807) is 12.1 Å². The molecule has 2 rings (SSSR count). The molecular formula is C13H17ClN2O2. The molecule has 1 aromatic carbocycles. The summed E-state index contributed by atoms with van der Waals surface area (Å²) in [5.41, 5.74) is 0.271. The first-order valence-electron chi connectivity index (χ1n) is 6.04. The number of piperidine rings is 1. The Hall–Kier alpha value is -1.26. The lowest BCUT2D eigenvalue weighted by molar-refractivity contribution is 0.0910. The Kier molecular flexibility index (Phi) is 4.09. The number of likely N-dealkylation sites (tertiary alicyclic amines) is 1. The number of nitrogens with one attached hydrogen (secondary N) is 1. The second-order valence-corrected chi connectivity index (χ2v) is 5.17. The minimum atomic E-state index is -0.246. The van der Waals surface area contributed by atoms with E-state index in [-0.39, 0.29) is 23.3 Å². The highest BCUT2D eigenvalue weighted by Crippen LogP contribution is 2.22. The van der Waals surface area contributed by atoms with Crippen molar-refractivity contribution in [2.24, 2.45) is 0 Å². The number of halogens is 1. The highest BCUT2D eigenvalue weighted by molar-refractivity contribution is 6.30. The van der Waals surface area contributed by atoms with Crippen LogP contribution in [0.3, 0.4) is 0 Å². The molecule has 1 fully saturated rings. The molecule has 1 unspecified atom stereocenters. The number of benzene rings is 1. The second-order valence-electron chi connectivity index (χ2n) is 4.74. The van der Waals surface area contributed by atoms with Crippen LogP contribution in [0.5, 0.6) is 5.75 Å². The molecule has 0 bridgehead atoms. The standard InChI is InChI=1S/C13H17ClN2O2/c1-16-6-2-3-10(8-16)15-13(18)11-5-4-9(14)7-12(11)17/h4-5,7,10,17H,2-3,6,8H2,1H3,(H,15,18). The van der Waals surface area contributed by atoms with E-state index < -0.39 is 0 Å². The van der Waals surface area contributed by atoms with Gasteiger partial charge in [-0.1, -0.05) is 11.6 Å². The van der Waals surface area contributed by atoms with Gasteiger partial charge in [-0.2, -0.15) is 0 Å². The van der Waals surface area contributed by atoms with Gasteiger partial charge in [0.05, 0.1) is 5.56 Å². The third kappa shape index (κ3) is 3.15. The Morgan fingerprint density at radius 2 is 2.33 bits per heavy atom. The lowest BCUT2D eigenvalue weighted by Gasteiger charge is -2.30. The average molecular weight is 269 g/mol. The number of rotatable bonds is 2. The van der Waals surface area contributed by atoms with Crippen molar-refractivity contribution in [3.05, 3.63) is 28.8 Å². The van der Waals surface area contributed by atoms with E-state index in [9.17, 15) is 9.90 Å². The molecule has 4 nitrogen and oxygen atoms in total. The molecule has 1 atom stereocenters. The molecule has 5 heteroatoms. The summed E-state index contributed by atoms with van der Waals surface area (Å²) in [6, 6.07) is 4.66. The molecule has 2 N–H and O–H groups in total. The molecule has 0 spiro atoms. The van der Waals surface area contributed by atoms with Gasteiger partial charge in [0, 0.05) is 17.6 Å². The maximum atomic E-state index is 12.0. The normalized spacial score (nSPS) is 20.7. The number of hydrogen-bond donors (Lipinski definition) is 2. The molecule has 1 saturated heterocycles. The summed E-state index contributed by atoms with van der Waals surface area (Å²) < 4.78 is 0. The van der Waals surface area contributed by atoms with Gasteiger partial charge in [0.1, 0.15) is 5.75 Å². The molecule has 98 valence electrons. The lowest BCUT2D eigenvalue weighted by Crippen LogP contribution is -2.46. The van der Waals surface area contributed by atoms with Gasteiger partial charge in [-0.3, -0.25) is 4.79 Å². The van der Waals surface area contributed by atoms with Crippen molar-refractivity contribution in [3.8, 4) is 5.75 Å². The quantitative estimate of drug-likeness (QED) is 0.861. The molecule has 0 radical (unpaired) electrons. The van der Waals surface area contributed by atoms with Crippen LogP contribution < -0.4 is 5.32 Å². The van der Waals surface area contributed by atoms with Crippen LogP contribution in [0.1, 0.15) is 23.2 Å². The zero-order valence-electron chi connectivity index (χ0n) is 10.3. The molecular weight excluding hydrogens is 252 g/mol. The van der Waals surface area contributed by atoms with Crippen LogP contribution in [0.15, 0.2) is 18.2 Å². The van der Waals surface area contributed by atoms with Crippen molar-refractivity contribution in [3.63, 3.8) is 0 Å². The number of aromatic hydroxyl groups is 1. The van der Waals surface area contributed by atoms with E-state index >= 15 is 0 Å². The Bertz CT molecular complexity index is 451. The van der Waals surface area contributed by atoms with E-state index in [1.807, 2.05) is 7.05 Å². The number of hydrogen-bond acceptors (Lipinski definition) is 3. The fourth-order valence-corrected chi connectivity index (χ4v) is 2.41. The summed E-state index contributed by atoms with van der Waals surface area (Å²) in [5.74, 6) is -0.325. The summed E-state index contributed by atoms with van der Waals surface area (Å²) >= 11 is 5.73. The summed E-state index contributed by atoms with van der Waals surface area (Å²) in [6.45, 7) is 1.92. The maximum absolute atomic E-state index is 12.0. The second kappa shape index (κ2) is 5.59. The van der Waals surface area contributed by atoms with Gasteiger partial charge in [-0.05, 0) is 44.6 Å². The van der Waals surface area contributed by atoms with Gasteiger partial charge in [-0.25, -0.2) is 0 Å². The van der Waals surface area contributed by atoms with Gasteiger partial charge >= 0.3 is 0 Å². The summed E-state index contributed by atoms with van der Waals surface area (Å²) in [4.78, 5) is 14.2. The smallest absolute Gasteiger partial charge is 0.255 e. The van der Waals surface area contributed by atoms with E-state index in [0.717, 1.165) is 25.9 Å². The highest BCUT2D eigenvalue weighted by Gasteiger charge is 2.20. The zero-order chi connectivity index (χ0) is 13.1. The van der Waals surface area contributed by atoms with Crippen LogP contribution >= 0.6 is 11.6 Å². The van der Waals surface area contributed by atoms with E-state index in [1.165, 1.54) is 6.07 Å². The first-order chi connectivity index (χ1) is 8.56. The number of nitrogens with zero attached hydrogens (tertiary/aromatic N) is 1. The van der Waals surface area contributed by atoms with Crippen molar-refractivity contribution >= 4 is 17.5 Å². The molecule has 18 heavy (non-hydrogen) atoms. The van der Waals surface area contributed by atoms with E-state index in [2.05, 4.69) is 10.2 Å². The number of amides is 1. The van der Waals surface area contributed by atoms with Gasteiger partial charge in [0.15, 0.2) is 0 Å². The predicted octanol–water partition coefficient (Wildman–Crippen LogP) is 1.87. The molecule has 1 aromatic rings. The van der Waals surface area contributed by atoms with Crippen LogP contribution in [0, 0.1) is 0 Å². The summed E-state index contributed by atoms with van der Waals surface area (Å²) in [5, 5.41) is 13.0. The molecule has 0 aliphatic carbocycles. The highest BCUT2D eigenvalue weighted by atomic mass is 35.5. The van der Waals surface area contributed by atoms with Crippen LogP contribution in [0.2, 0.25) is 5.02 Å². The Morgan fingerprint density at radius 3 is 3.00 bits per heavy atom. The van der Waals surface area contributed by atoms with Gasteiger partial charge in [-0.15, -0.1) is 0 Å². The van der Waals surface area contributed by atoms with Crippen LogP contribution in [0.4, 0.5) is 0 Å². The van der Waals surface area contributed by atoms with Crippen LogP contribution in [0.25, 0.3) is 0 Å². The topological polar surface area (TPSA) is 52.6 Å². The SMILES string of the molecule is CN1CCCC(NC(=O)c2ccc(Cl)cc2O)C1. The number of likely N-dealkylation sites (N-methyl/N-ethyl adjacent to an activating group) is 1. The monoisotopic (exact) mass is 268 g/mol. The molecule has 1 aliphatic rings. The first-order valence-corrected chi connectivity index (χ1v) is 6.42. The number of carbonyl (C=O) groups is 1.